The quantitative estimate of drug-likeness (QED) is 0.635. The molecule has 2 aromatic rings. The zero-order chi connectivity index (χ0) is 21.7. The van der Waals surface area contributed by atoms with E-state index in [0.29, 0.717) is 24.7 Å². The molecule has 0 radical (unpaired) electrons. The molecule has 0 spiro atoms. The number of nitrogens with zero attached hydrogens (tertiary/aromatic N) is 3. The van der Waals surface area contributed by atoms with Gasteiger partial charge in [0.1, 0.15) is 11.8 Å². The molecule has 1 aliphatic carbocycles. The monoisotopic (exact) mass is 418 g/mol. The lowest BCUT2D eigenvalue weighted by molar-refractivity contribution is 0.0935. The lowest BCUT2D eigenvalue weighted by atomic mass is 10.0. The Kier molecular flexibility index (Phi) is 6.76. The van der Waals surface area contributed by atoms with Gasteiger partial charge in [-0.1, -0.05) is 0 Å². The van der Waals surface area contributed by atoms with Crippen molar-refractivity contribution in [3.05, 3.63) is 29.7 Å². The van der Waals surface area contributed by atoms with Gasteiger partial charge in [-0.05, 0) is 46.1 Å². The third kappa shape index (κ3) is 5.82. The number of ether oxygens (including phenoxy) is 2. The van der Waals surface area contributed by atoms with Gasteiger partial charge in [-0.25, -0.2) is 4.79 Å². The van der Waals surface area contributed by atoms with Crippen molar-refractivity contribution >= 4 is 17.8 Å². The van der Waals surface area contributed by atoms with Gasteiger partial charge in [0.05, 0.1) is 13.2 Å². The Hall–Kier alpha value is -2.88. The number of hydrogen-bond donors (Lipinski definition) is 3. The minimum atomic E-state index is -0.393. The van der Waals surface area contributed by atoms with Crippen LogP contribution in [0.1, 0.15) is 62.1 Å². The Bertz CT molecular complexity index is 869. The number of carbonyl (C=O) groups excluding carboxylic acids is 2. The van der Waals surface area contributed by atoms with Gasteiger partial charge in [-0.15, -0.1) is 0 Å². The number of H-pyrrole nitrogens is 1. The van der Waals surface area contributed by atoms with E-state index in [1.807, 2.05) is 26.8 Å². The third-order valence-electron chi connectivity index (χ3n) is 4.87. The molecule has 10 heteroatoms. The highest BCUT2D eigenvalue weighted by Gasteiger charge is 2.30. The highest BCUT2D eigenvalue weighted by atomic mass is 16.6. The normalized spacial score (nSPS) is 18.9. The van der Waals surface area contributed by atoms with Crippen LogP contribution in [0.5, 0.6) is 0 Å². The first-order chi connectivity index (χ1) is 14.2. The van der Waals surface area contributed by atoms with Gasteiger partial charge in [0.25, 0.3) is 5.91 Å². The molecule has 30 heavy (non-hydrogen) atoms. The van der Waals surface area contributed by atoms with Crippen LogP contribution >= 0.6 is 0 Å². The molecular weight excluding hydrogens is 388 g/mol. The van der Waals surface area contributed by atoms with Gasteiger partial charge in [-0.3, -0.25) is 14.6 Å². The zero-order valence-corrected chi connectivity index (χ0v) is 17.9. The molecule has 2 atom stereocenters. The van der Waals surface area contributed by atoms with Gasteiger partial charge in [0.15, 0.2) is 5.82 Å². The van der Waals surface area contributed by atoms with E-state index in [9.17, 15) is 9.59 Å². The van der Waals surface area contributed by atoms with Crippen molar-refractivity contribution in [2.24, 2.45) is 0 Å². The Morgan fingerprint density at radius 1 is 1.33 bits per heavy atom. The van der Waals surface area contributed by atoms with Crippen LogP contribution in [-0.4, -0.2) is 57.3 Å². The number of nitrogens with one attached hydrogen (secondary N) is 3. The van der Waals surface area contributed by atoms with E-state index in [0.717, 1.165) is 25.0 Å². The van der Waals surface area contributed by atoms with E-state index in [1.54, 1.807) is 24.1 Å². The number of rotatable bonds is 7. The average Bonchev–Trinajstić information content (AvgIpc) is 3.38. The van der Waals surface area contributed by atoms with Crippen LogP contribution in [0.4, 0.5) is 10.6 Å². The van der Waals surface area contributed by atoms with E-state index in [2.05, 4.69) is 25.9 Å². The molecule has 2 amide bonds. The average molecular weight is 418 g/mol. The standard InChI is InChI=1S/C20H30N6O4/c1-20(2,3)23-19(28)30-14-6-5-13(11-14)15-12-17(25-24-15)22-18(27)16-7-8-21-26(16)9-10-29-4/h7-8,12-14H,5-6,9-11H2,1-4H3,(H,23,28)(H2,22,24,25,27)/t13-,14+/m0/s1. The van der Waals surface area contributed by atoms with Gasteiger partial charge >= 0.3 is 6.09 Å². The maximum Gasteiger partial charge on any atom is 0.407 e. The van der Waals surface area contributed by atoms with Crippen molar-refractivity contribution in [1.29, 1.82) is 0 Å². The summed E-state index contributed by atoms with van der Waals surface area (Å²) in [6.45, 7) is 6.70. The fourth-order valence-electron chi connectivity index (χ4n) is 3.49. The van der Waals surface area contributed by atoms with Crippen molar-refractivity contribution in [2.75, 3.05) is 19.0 Å². The largest absolute Gasteiger partial charge is 0.446 e. The topological polar surface area (TPSA) is 123 Å². The number of methoxy groups -OCH3 is 1. The number of amides is 2. The van der Waals surface area contributed by atoms with Crippen LogP contribution in [0.2, 0.25) is 0 Å². The van der Waals surface area contributed by atoms with E-state index >= 15 is 0 Å². The van der Waals surface area contributed by atoms with E-state index in [4.69, 9.17) is 9.47 Å². The Balaban J connectivity index is 1.54. The summed E-state index contributed by atoms with van der Waals surface area (Å²) in [6, 6.07) is 3.48. The molecule has 164 valence electrons. The van der Waals surface area contributed by atoms with Crippen molar-refractivity contribution in [2.45, 2.75) is 64.1 Å². The Morgan fingerprint density at radius 3 is 2.87 bits per heavy atom. The summed E-state index contributed by atoms with van der Waals surface area (Å²) >= 11 is 0. The number of anilines is 1. The summed E-state index contributed by atoms with van der Waals surface area (Å²) in [4.78, 5) is 24.5. The number of aromatic amines is 1. The highest BCUT2D eigenvalue weighted by molar-refractivity contribution is 6.02. The van der Waals surface area contributed by atoms with Crippen molar-refractivity contribution in [1.82, 2.24) is 25.3 Å². The van der Waals surface area contributed by atoms with Crippen molar-refractivity contribution in [3.63, 3.8) is 0 Å². The lowest BCUT2D eigenvalue weighted by Crippen LogP contribution is -2.42. The van der Waals surface area contributed by atoms with Crippen LogP contribution in [-0.2, 0) is 16.0 Å². The van der Waals surface area contributed by atoms with Gasteiger partial charge in [-0.2, -0.15) is 10.2 Å². The minimum Gasteiger partial charge on any atom is -0.446 e. The molecule has 0 aromatic carbocycles. The molecule has 0 unspecified atom stereocenters. The lowest BCUT2D eigenvalue weighted by Gasteiger charge is -2.22. The third-order valence-corrected chi connectivity index (χ3v) is 4.87. The molecule has 3 rings (SSSR count). The van der Waals surface area contributed by atoms with E-state index in [1.165, 1.54) is 0 Å². The molecule has 0 saturated heterocycles. The smallest absolute Gasteiger partial charge is 0.407 e. The highest BCUT2D eigenvalue weighted by Crippen LogP contribution is 2.35. The molecular formula is C20H30N6O4. The van der Waals surface area contributed by atoms with Crippen LogP contribution in [0.3, 0.4) is 0 Å². The summed E-state index contributed by atoms with van der Waals surface area (Å²) in [5.74, 6) is 0.361. The van der Waals surface area contributed by atoms with Crippen molar-refractivity contribution in [3.8, 4) is 0 Å². The summed E-state index contributed by atoms with van der Waals surface area (Å²) in [6.07, 6.45) is 3.45. The first-order valence-electron chi connectivity index (χ1n) is 10.1. The molecule has 2 aromatic heterocycles. The second-order valence-electron chi connectivity index (χ2n) is 8.51. The molecule has 0 aliphatic heterocycles. The first kappa shape index (κ1) is 21.8. The fraction of sp³-hybridized carbons (Fsp3) is 0.600. The summed E-state index contributed by atoms with van der Waals surface area (Å²) < 4.78 is 12.2. The Labute approximate surface area is 175 Å². The van der Waals surface area contributed by atoms with Crippen LogP contribution in [0.25, 0.3) is 0 Å². The van der Waals surface area contributed by atoms with Gasteiger partial charge < -0.3 is 20.1 Å². The summed E-state index contributed by atoms with van der Waals surface area (Å²) in [5.41, 5.74) is 1.03. The molecule has 1 aliphatic rings. The molecule has 0 bridgehead atoms. The second-order valence-corrected chi connectivity index (χ2v) is 8.51. The number of alkyl carbamates (subject to hydrolysis) is 1. The molecule has 1 saturated carbocycles. The predicted molar refractivity (Wildman–Crippen MR) is 110 cm³/mol. The molecule has 2 heterocycles. The van der Waals surface area contributed by atoms with Gasteiger partial charge in [0, 0.05) is 36.5 Å². The first-order valence-corrected chi connectivity index (χ1v) is 10.1. The number of hydrogen-bond acceptors (Lipinski definition) is 6. The van der Waals surface area contributed by atoms with Gasteiger partial charge in [0.2, 0.25) is 0 Å². The van der Waals surface area contributed by atoms with Crippen molar-refractivity contribution < 1.29 is 19.1 Å². The molecule has 10 nitrogen and oxygen atoms in total. The summed E-state index contributed by atoms with van der Waals surface area (Å²) in [5, 5.41) is 17.0. The van der Waals surface area contributed by atoms with Crippen LogP contribution in [0.15, 0.2) is 18.3 Å². The summed E-state index contributed by atoms with van der Waals surface area (Å²) in [7, 11) is 1.60. The SMILES string of the molecule is COCCn1nccc1C(=O)Nc1cc([C@H]2CC[C@@H](OC(=O)NC(C)(C)C)C2)[nH]n1. The number of carbonyl (C=O) groups is 2. The maximum absolute atomic E-state index is 12.5. The second kappa shape index (κ2) is 9.29. The zero-order valence-electron chi connectivity index (χ0n) is 17.9. The predicted octanol–water partition coefficient (Wildman–Crippen LogP) is 2.67. The number of aromatic nitrogens is 4. The van der Waals surface area contributed by atoms with E-state index < -0.39 is 6.09 Å². The van der Waals surface area contributed by atoms with E-state index in [-0.39, 0.29) is 23.5 Å². The molecule has 3 N–H and O–H groups in total. The fourth-order valence-corrected chi connectivity index (χ4v) is 3.49. The van der Waals surface area contributed by atoms with Crippen LogP contribution < -0.4 is 10.6 Å². The van der Waals surface area contributed by atoms with Crippen LogP contribution in [0, 0.1) is 0 Å². The minimum absolute atomic E-state index is 0.131. The molecule has 1 fully saturated rings. The maximum atomic E-state index is 12.5. The Morgan fingerprint density at radius 2 is 2.13 bits per heavy atom.